The van der Waals surface area contributed by atoms with Crippen molar-refractivity contribution in [3.63, 3.8) is 0 Å². The van der Waals surface area contributed by atoms with Gasteiger partial charge in [-0.1, -0.05) is 11.1 Å². The highest BCUT2D eigenvalue weighted by atomic mass is 15.3. The molecule has 0 aliphatic carbocycles. The van der Waals surface area contributed by atoms with Crippen LogP contribution in [0.1, 0.15) is 0 Å². The molecule has 0 unspecified atom stereocenters. The van der Waals surface area contributed by atoms with Gasteiger partial charge in [-0.2, -0.15) is 0 Å². The summed E-state index contributed by atoms with van der Waals surface area (Å²) in [5, 5.41) is 0. The molecule has 6 heavy (non-hydrogen) atoms. The van der Waals surface area contributed by atoms with Gasteiger partial charge in [0, 0.05) is 0 Å². The van der Waals surface area contributed by atoms with E-state index in [1.165, 1.54) is 0 Å². The molecule has 0 amide bonds. The molecule has 0 saturated heterocycles. The van der Waals surface area contributed by atoms with Crippen LogP contribution in [0.2, 0.25) is 0 Å². The molecule has 0 radical (unpaired) electrons. The third-order valence-corrected chi connectivity index (χ3v) is 0.310. The Morgan fingerprint density at radius 3 is 2.33 bits per heavy atom. The van der Waals surface area contributed by atoms with Gasteiger partial charge in [0.25, 0.3) is 6.34 Å². The van der Waals surface area contributed by atoms with E-state index in [1.807, 2.05) is 6.04 Å². The maximum absolute atomic E-state index is 4.89. The largest absolute Gasteiger partial charge is 0.291 e. The SMILES string of the molecule is C#C[N+](N)=CN. The van der Waals surface area contributed by atoms with Crippen LogP contribution >= 0.6 is 0 Å². The van der Waals surface area contributed by atoms with E-state index in [0.29, 0.717) is 0 Å². The molecular formula is C3H6N3+. The van der Waals surface area contributed by atoms with Gasteiger partial charge in [-0.15, -0.1) is 0 Å². The zero-order chi connectivity index (χ0) is 4.99. The number of rotatable bonds is 0. The second-order valence-electron chi connectivity index (χ2n) is 0.685. The zero-order valence-electron chi connectivity index (χ0n) is 3.26. The lowest BCUT2D eigenvalue weighted by Crippen LogP contribution is -2.18. The first-order valence-corrected chi connectivity index (χ1v) is 1.36. The van der Waals surface area contributed by atoms with Crippen LogP contribution in [-0.2, 0) is 0 Å². The van der Waals surface area contributed by atoms with Crippen LogP contribution in [0.4, 0.5) is 0 Å². The molecule has 4 N–H and O–H groups in total. The second-order valence-corrected chi connectivity index (χ2v) is 0.685. The number of terminal acetylenes is 1. The van der Waals surface area contributed by atoms with Gasteiger partial charge in [0.2, 0.25) is 0 Å². The number of nitrogens with two attached hydrogens (primary N) is 2. The van der Waals surface area contributed by atoms with E-state index in [2.05, 4.69) is 0 Å². The summed E-state index contributed by atoms with van der Waals surface area (Å²) in [5.74, 6) is 4.89. The molecule has 0 atom stereocenters. The van der Waals surface area contributed by atoms with Gasteiger partial charge in [-0.25, -0.2) is 0 Å². The van der Waals surface area contributed by atoms with E-state index < -0.39 is 0 Å². The van der Waals surface area contributed by atoms with Crippen molar-refractivity contribution >= 4 is 6.34 Å². The highest BCUT2D eigenvalue weighted by Gasteiger charge is 1.70. The van der Waals surface area contributed by atoms with E-state index in [0.717, 1.165) is 11.0 Å². The smallest absolute Gasteiger partial charge is 0.267 e. The van der Waals surface area contributed by atoms with Crippen LogP contribution in [0.15, 0.2) is 0 Å². The standard InChI is InChI=1S/C3H5N3/c1-2-6(5)3-4/h1,3-4H,5H2/p+1. The van der Waals surface area contributed by atoms with Crippen LogP contribution < -0.4 is 11.6 Å². The van der Waals surface area contributed by atoms with Gasteiger partial charge in [-0.3, -0.25) is 11.6 Å². The number of hydrazone groups is 1. The van der Waals surface area contributed by atoms with Crippen LogP contribution in [0.5, 0.6) is 0 Å². The van der Waals surface area contributed by atoms with Crippen molar-refractivity contribution in [2.24, 2.45) is 11.6 Å². The molecule has 0 aromatic heterocycles. The first kappa shape index (κ1) is 4.83. The Balaban J connectivity index is 3.61. The summed E-state index contributed by atoms with van der Waals surface area (Å²) in [5.41, 5.74) is 4.82. The molecule has 0 aliphatic heterocycles. The third-order valence-electron chi connectivity index (χ3n) is 0.310. The van der Waals surface area contributed by atoms with Crippen LogP contribution in [0.25, 0.3) is 0 Å². The summed E-state index contributed by atoms with van der Waals surface area (Å²) < 4.78 is 0.931. The maximum atomic E-state index is 4.89. The highest BCUT2D eigenvalue weighted by molar-refractivity contribution is 5.44. The van der Waals surface area contributed by atoms with Crippen molar-refractivity contribution in [1.82, 2.24) is 0 Å². The van der Waals surface area contributed by atoms with Crippen molar-refractivity contribution in [1.29, 1.82) is 0 Å². The van der Waals surface area contributed by atoms with E-state index in [1.54, 1.807) is 0 Å². The Bertz CT molecular complexity index is 97.1. The lowest BCUT2D eigenvalue weighted by atomic mass is 11.1. The van der Waals surface area contributed by atoms with Crippen molar-refractivity contribution in [3.05, 3.63) is 0 Å². The molecule has 3 heteroatoms. The molecule has 32 valence electrons. The third kappa shape index (κ3) is 1.18. The number of hydrogen-bond donors (Lipinski definition) is 2. The van der Waals surface area contributed by atoms with E-state index >= 15 is 0 Å². The molecule has 0 rings (SSSR count). The van der Waals surface area contributed by atoms with Gasteiger partial charge in [0.05, 0.1) is 0 Å². The fourth-order valence-electron chi connectivity index (χ4n) is 0.0430. The minimum atomic E-state index is 0.931. The Kier molecular flexibility index (Phi) is 1.68. The van der Waals surface area contributed by atoms with Crippen molar-refractivity contribution in [3.8, 4) is 12.5 Å². The van der Waals surface area contributed by atoms with Crippen molar-refractivity contribution in [2.45, 2.75) is 0 Å². The maximum Gasteiger partial charge on any atom is 0.267 e. The molecule has 0 bridgehead atoms. The number of hydrazine groups is 1. The fourth-order valence-corrected chi connectivity index (χ4v) is 0.0430. The average molecular weight is 84.1 g/mol. The summed E-state index contributed by atoms with van der Waals surface area (Å²) in [6.45, 7) is 0. The summed E-state index contributed by atoms with van der Waals surface area (Å²) >= 11 is 0. The molecule has 0 aromatic carbocycles. The molecule has 0 aromatic rings. The quantitative estimate of drug-likeness (QED) is 0.0710. The summed E-state index contributed by atoms with van der Waals surface area (Å²) in [4.78, 5) is 0. The van der Waals surface area contributed by atoms with E-state index in [-0.39, 0.29) is 0 Å². The molecule has 0 saturated carbocycles. The predicted molar refractivity (Wildman–Crippen MR) is 23.5 cm³/mol. The number of hydrogen-bond acceptors (Lipinski definition) is 1. The van der Waals surface area contributed by atoms with Gasteiger partial charge in [0.15, 0.2) is 0 Å². The van der Waals surface area contributed by atoms with Crippen LogP contribution in [0.3, 0.4) is 0 Å². The van der Waals surface area contributed by atoms with Gasteiger partial charge < -0.3 is 0 Å². The van der Waals surface area contributed by atoms with E-state index in [4.69, 9.17) is 18.0 Å². The second kappa shape index (κ2) is 2.09. The minimum Gasteiger partial charge on any atom is -0.291 e. The molecule has 0 fully saturated rings. The summed E-state index contributed by atoms with van der Waals surface area (Å²) in [6.07, 6.45) is 5.82. The van der Waals surface area contributed by atoms with Gasteiger partial charge in [-0.05, 0) is 0 Å². The first-order chi connectivity index (χ1) is 2.81. The van der Waals surface area contributed by atoms with E-state index in [9.17, 15) is 0 Å². The van der Waals surface area contributed by atoms with Crippen LogP contribution in [0, 0.1) is 12.5 Å². The Hall–Kier alpha value is -1.17. The van der Waals surface area contributed by atoms with Crippen molar-refractivity contribution in [2.75, 3.05) is 0 Å². The Labute approximate surface area is 36.2 Å². The highest BCUT2D eigenvalue weighted by Crippen LogP contribution is 1.37. The molecular weight excluding hydrogens is 78.1 g/mol. The normalized spacial score (nSPS) is 10.2. The molecule has 0 aliphatic rings. The lowest BCUT2D eigenvalue weighted by Gasteiger charge is -1.74. The topological polar surface area (TPSA) is 55.0 Å². The zero-order valence-corrected chi connectivity index (χ0v) is 3.26. The molecule has 0 heterocycles. The fraction of sp³-hybridized carbons (Fsp3) is 0. The molecule has 3 nitrogen and oxygen atoms in total. The molecule has 0 spiro atoms. The Morgan fingerprint density at radius 1 is 1.83 bits per heavy atom. The lowest BCUT2D eigenvalue weighted by molar-refractivity contribution is -0.442. The number of nitrogens with zero attached hydrogens (tertiary/aromatic N) is 1. The van der Waals surface area contributed by atoms with Gasteiger partial charge in [0.1, 0.15) is 6.04 Å². The Morgan fingerprint density at radius 2 is 2.33 bits per heavy atom. The summed E-state index contributed by atoms with van der Waals surface area (Å²) in [7, 11) is 0. The predicted octanol–water partition coefficient (Wildman–Crippen LogP) is -1.55. The first-order valence-electron chi connectivity index (χ1n) is 1.36. The summed E-state index contributed by atoms with van der Waals surface area (Å²) in [6, 6.07) is 2.05. The minimum absolute atomic E-state index is 0.931. The van der Waals surface area contributed by atoms with Crippen molar-refractivity contribution < 1.29 is 4.68 Å². The van der Waals surface area contributed by atoms with Gasteiger partial charge >= 0.3 is 0 Å². The monoisotopic (exact) mass is 84.1 g/mol. The van der Waals surface area contributed by atoms with Crippen LogP contribution in [-0.4, -0.2) is 11.0 Å². The average Bonchev–Trinajstić information content (AvgIpc) is 1.65.